The lowest BCUT2D eigenvalue weighted by Crippen LogP contribution is -2.24. The van der Waals surface area contributed by atoms with Crippen LogP contribution < -0.4 is 11.1 Å². The average molecular weight is 248 g/mol. The molecule has 0 bridgehead atoms. The van der Waals surface area contributed by atoms with Gasteiger partial charge in [0, 0.05) is 19.0 Å². The highest BCUT2D eigenvalue weighted by Gasteiger charge is 2.05. The van der Waals surface area contributed by atoms with E-state index in [0.717, 1.165) is 6.42 Å². The van der Waals surface area contributed by atoms with Crippen LogP contribution >= 0.6 is 0 Å². The van der Waals surface area contributed by atoms with Gasteiger partial charge in [0.05, 0.1) is 0 Å². The van der Waals surface area contributed by atoms with Gasteiger partial charge < -0.3 is 11.1 Å². The van der Waals surface area contributed by atoms with Crippen molar-refractivity contribution in [2.75, 3.05) is 6.54 Å². The van der Waals surface area contributed by atoms with Gasteiger partial charge in [-0.05, 0) is 30.9 Å². The molecule has 3 N–H and O–H groups in total. The number of carbonyl (C=O) groups is 1. The first-order chi connectivity index (χ1) is 8.63. The minimum absolute atomic E-state index is 0.254. The number of primary amides is 1. The normalized spacial score (nSPS) is 12.3. The summed E-state index contributed by atoms with van der Waals surface area (Å²) < 4.78 is 0. The van der Waals surface area contributed by atoms with Crippen LogP contribution in [0.3, 0.4) is 0 Å². The van der Waals surface area contributed by atoms with E-state index in [1.165, 1.54) is 24.0 Å². The maximum absolute atomic E-state index is 10.6. The van der Waals surface area contributed by atoms with Crippen molar-refractivity contribution in [3.8, 4) is 0 Å². The van der Waals surface area contributed by atoms with Crippen molar-refractivity contribution in [3.05, 3.63) is 35.4 Å². The van der Waals surface area contributed by atoms with Gasteiger partial charge in [0.25, 0.3) is 0 Å². The van der Waals surface area contributed by atoms with Crippen molar-refractivity contribution in [1.29, 1.82) is 0 Å². The molecule has 18 heavy (non-hydrogen) atoms. The van der Waals surface area contributed by atoms with Crippen molar-refractivity contribution in [2.45, 2.75) is 45.6 Å². The quantitative estimate of drug-likeness (QED) is 0.743. The fourth-order valence-corrected chi connectivity index (χ4v) is 1.88. The van der Waals surface area contributed by atoms with Gasteiger partial charge >= 0.3 is 0 Å². The highest BCUT2D eigenvalue weighted by Crippen LogP contribution is 2.14. The Morgan fingerprint density at radius 3 is 2.56 bits per heavy atom. The van der Waals surface area contributed by atoms with Crippen LogP contribution in [0.15, 0.2) is 24.3 Å². The van der Waals surface area contributed by atoms with E-state index in [-0.39, 0.29) is 11.9 Å². The minimum atomic E-state index is -0.260. The van der Waals surface area contributed by atoms with Gasteiger partial charge in [-0.2, -0.15) is 0 Å². The number of rotatable bonds is 8. The van der Waals surface area contributed by atoms with Crippen LogP contribution in [0.4, 0.5) is 0 Å². The Balaban J connectivity index is 2.43. The van der Waals surface area contributed by atoms with Crippen LogP contribution in [0.25, 0.3) is 0 Å². The smallest absolute Gasteiger partial charge is 0.218 e. The molecule has 0 saturated carbocycles. The van der Waals surface area contributed by atoms with Crippen molar-refractivity contribution in [2.24, 2.45) is 5.73 Å². The number of benzene rings is 1. The Morgan fingerprint density at radius 2 is 2.00 bits per heavy atom. The summed E-state index contributed by atoms with van der Waals surface area (Å²) in [4.78, 5) is 10.6. The first-order valence-corrected chi connectivity index (χ1v) is 6.74. The lowest BCUT2D eigenvalue weighted by molar-refractivity contribution is -0.117. The molecule has 1 aromatic carbocycles. The van der Waals surface area contributed by atoms with E-state index < -0.39 is 0 Å². The zero-order chi connectivity index (χ0) is 13.4. The standard InChI is InChI=1S/C15H24N2O/c1-3-4-5-13-6-8-14(9-7-13)12(2)17-11-10-15(16)18/h6-9,12,17H,3-5,10-11H2,1-2H3,(H2,16,18). The third-order valence-corrected chi connectivity index (χ3v) is 3.12. The Bertz CT molecular complexity index is 359. The van der Waals surface area contributed by atoms with E-state index in [9.17, 15) is 4.79 Å². The molecular formula is C15H24N2O. The fourth-order valence-electron chi connectivity index (χ4n) is 1.88. The number of amides is 1. The lowest BCUT2D eigenvalue weighted by atomic mass is 10.0. The Morgan fingerprint density at radius 1 is 1.33 bits per heavy atom. The molecule has 0 aromatic heterocycles. The fraction of sp³-hybridized carbons (Fsp3) is 0.533. The summed E-state index contributed by atoms with van der Waals surface area (Å²) in [6.45, 7) is 4.94. The number of carbonyl (C=O) groups excluding carboxylic acids is 1. The molecule has 1 amide bonds. The zero-order valence-corrected chi connectivity index (χ0v) is 11.4. The van der Waals surface area contributed by atoms with Crippen LogP contribution in [-0.4, -0.2) is 12.5 Å². The SMILES string of the molecule is CCCCc1ccc(C(C)NCCC(N)=O)cc1. The molecule has 3 nitrogen and oxygen atoms in total. The molecule has 0 fully saturated rings. The first kappa shape index (κ1) is 14.7. The van der Waals surface area contributed by atoms with Gasteiger partial charge in [-0.15, -0.1) is 0 Å². The lowest BCUT2D eigenvalue weighted by Gasteiger charge is -2.14. The second kappa shape index (κ2) is 7.88. The number of nitrogens with two attached hydrogens (primary N) is 1. The van der Waals surface area contributed by atoms with Gasteiger partial charge in [-0.25, -0.2) is 0 Å². The van der Waals surface area contributed by atoms with Crippen LogP contribution in [-0.2, 0) is 11.2 Å². The molecule has 1 unspecified atom stereocenters. The van der Waals surface area contributed by atoms with E-state index in [1.54, 1.807) is 0 Å². The van der Waals surface area contributed by atoms with Crippen LogP contribution in [0, 0.1) is 0 Å². The van der Waals surface area contributed by atoms with Gasteiger partial charge in [0.1, 0.15) is 0 Å². The number of nitrogens with one attached hydrogen (secondary N) is 1. The van der Waals surface area contributed by atoms with Crippen molar-refractivity contribution in [1.82, 2.24) is 5.32 Å². The highest BCUT2D eigenvalue weighted by atomic mass is 16.1. The van der Waals surface area contributed by atoms with Gasteiger partial charge in [-0.1, -0.05) is 37.6 Å². The van der Waals surface area contributed by atoms with E-state index in [4.69, 9.17) is 5.73 Å². The summed E-state index contributed by atoms with van der Waals surface area (Å²) in [5, 5.41) is 3.29. The molecule has 0 aliphatic rings. The maximum Gasteiger partial charge on any atom is 0.218 e. The zero-order valence-electron chi connectivity index (χ0n) is 11.4. The van der Waals surface area contributed by atoms with E-state index in [1.807, 2.05) is 0 Å². The Hall–Kier alpha value is -1.35. The summed E-state index contributed by atoms with van der Waals surface area (Å²) in [6.07, 6.45) is 4.01. The van der Waals surface area contributed by atoms with Crippen LogP contribution in [0.5, 0.6) is 0 Å². The monoisotopic (exact) mass is 248 g/mol. The molecule has 0 saturated heterocycles. The summed E-state index contributed by atoms with van der Waals surface area (Å²) in [5.74, 6) is -0.260. The molecule has 0 radical (unpaired) electrons. The van der Waals surface area contributed by atoms with E-state index >= 15 is 0 Å². The van der Waals surface area contributed by atoms with Gasteiger partial charge in [0.15, 0.2) is 0 Å². The molecule has 1 atom stereocenters. The molecule has 0 aliphatic carbocycles. The second-order valence-corrected chi connectivity index (χ2v) is 4.74. The molecule has 0 spiro atoms. The number of hydrogen-bond acceptors (Lipinski definition) is 2. The third kappa shape index (κ3) is 5.32. The summed E-state index contributed by atoms with van der Waals surface area (Å²) in [6, 6.07) is 8.96. The predicted molar refractivity (Wildman–Crippen MR) is 75.3 cm³/mol. The summed E-state index contributed by atoms with van der Waals surface area (Å²) in [7, 11) is 0. The molecule has 100 valence electrons. The Kier molecular flexibility index (Phi) is 6.44. The van der Waals surface area contributed by atoms with Crippen LogP contribution in [0.2, 0.25) is 0 Å². The predicted octanol–water partition coefficient (Wildman–Crippen LogP) is 2.56. The van der Waals surface area contributed by atoms with Crippen molar-refractivity contribution in [3.63, 3.8) is 0 Å². The maximum atomic E-state index is 10.6. The molecular weight excluding hydrogens is 224 g/mol. The first-order valence-electron chi connectivity index (χ1n) is 6.74. The summed E-state index contributed by atoms with van der Waals surface area (Å²) in [5.41, 5.74) is 7.75. The summed E-state index contributed by atoms with van der Waals surface area (Å²) >= 11 is 0. The largest absolute Gasteiger partial charge is 0.370 e. The molecule has 1 aromatic rings. The average Bonchev–Trinajstić information content (AvgIpc) is 2.36. The molecule has 0 heterocycles. The van der Waals surface area contributed by atoms with E-state index in [0.29, 0.717) is 13.0 Å². The third-order valence-electron chi connectivity index (χ3n) is 3.12. The van der Waals surface area contributed by atoms with Crippen molar-refractivity contribution < 1.29 is 4.79 Å². The van der Waals surface area contributed by atoms with Gasteiger partial charge in [0.2, 0.25) is 5.91 Å². The molecule has 1 rings (SSSR count). The molecule has 3 heteroatoms. The van der Waals surface area contributed by atoms with E-state index in [2.05, 4.69) is 43.4 Å². The van der Waals surface area contributed by atoms with Gasteiger partial charge in [-0.3, -0.25) is 4.79 Å². The Labute approximate surface area is 110 Å². The highest BCUT2D eigenvalue weighted by molar-refractivity contribution is 5.73. The van der Waals surface area contributed by atoms with Crippen LogP contribution in [0.1, 0.15) is 50.3 Å². The number of unbranched alkanes of at least 4 members (excludes halogenated alkanes) is 1. The second-order valence-electron chi connectivity index (χ2n) is 4.74. The minimum Gasteiger partial charge on any atom is -0.370 e. The number of aryl methyl sites for hydroxylation is 1. The van der Waals surface area contributed by atoms with Crippen molar-refractivity contribution >= 4 is 5.91 Å². The topological polar surface area (TPSA) is 55.1 Å². The number of hydrogen-bond donors (Lipinski definition) is 2. The molecule has 0 aliphatic heterocycles.